The average Bonchev–Trinajstić information content (AvgIpc) is 3.13. The fourth-order valence-electron chi connectivity index (χ4n) is 8.12. The number of unbranched alkanes of at least 4 members (excludes halogenated alkanes) is 16. The molecule has 6 heteroatoms. The van der Waals surface area contributed by atoms with Gasteiger partial charge in [-0.15, -0.1) is 0 Å². The molecule has 1 fully saturated rings. The first-order chi connectivity index (χ1) is 24.7. The van der Waals surface area contributed by atoms with E-state index >= 15 is 0 Å². The number of hydrogen-bond donors (Lipinski definition) is 4. The maximum absolute atomic E-state index is 5.86. The minimum atomic E-state index is 0.849. The third kappa shape index (κ3) is 31.3. The van der Waals surface area contributed by atoms with Crippen molar-refractivity contribution in [2.45, 2.75) is 194 Å². The zero-order valence-electron chi connectivity index (χ0n) is 34.5. The highest BCUT2D eigenvalue weighted by atomic mass is 15.3. The van der Waals surface area contributed by atoms with E-state index in [1.807, 2.05) is 0 Å². The zero-order valence-corrected chi connectivity index (χ0v) is 34.5. The number of nitrogens with zero attached hydrogens (tertiary/aromatic N) is 2. The lowest BCUT2D eigenvalue weighted by molar-refractivity contribution is 0.130. The Bertz CT molecular complexity index is 586. The van der Waals surface area contributed by atoms with Crippen molar-refractivity contribution in [3.8, 4) is 0 Å². The van der Waals surface area contributed by atoms with Gasteiger partial charge in [0.2, 0.25) is 0 Å². The minimum absolute atomic E-state index is 0.849. The van der Waals surface area contributed by atoms with Gasteiger partial charge in [0.05, 0.1) is 0 Å². The molecular formula is C44H94N6. The molecule has 0 amide bonds. The van der Waals surface area contributed by atoms with E-state index in [4.69, 9.17) is 11.5 Å². The molecule has 0 radical (unpaired) electrons. The van der Waals surface area contributed by atoms with Crippen molar-refractivity contribution in [1.29, 1.82) is 0 Å². The summed E-state index contributed by atoms with van der Waals surface area (Å²) < 4.78 is 0. The molecule has 2 unspecified atom stereocenters. The quantitative estimate of drug-likeness (QED) is 0.0475. The lowest BCUT2D eigenvalue weighted by Crippen LogP contribution is -2.47. The maximum Gasteiger partial charge on any atom is 0.0110 e. The van der Waals surface area contributed by atoms with Gasteiger partial charge in [-0.25, -0.2) is 0 Å². The molecule has 6 nitrogen and oxygen atoms in total. The summed E-state index contributed by atoms with van der Waals surface area (Å²) in [5.74, 6) is 1.73. The highest BCUT2D eigenvalue weighted by molar-refractivity contribution is 4.73. The first kappa shape index (κ1) is 47.8. The second kappa shape index (κ2) is 38.5. The Hall–Kier alpha value is -0.240. The van der Waals surface area contributed by atoms with Gasteiger partial charge in [0.15, 0.2) is 0 Å². The van der Waals surface area contributed by atoms with Crippen LogP contribution in [0, 0.1) is 11.8 Å². The van der Waals surface area contributed by atoms with Gasteiger partial charge in [0, 0.05) is 26.2 Å². The molecule has 1 aliphatic rings. The monoisotopic (exact) mass is 707 g/mol. The minimum Gasteiger partial charge on any atom is -0.330 e. The molecule has 0 saturated carbocycles. The van der Waals surface area contributed by atoms with E-state index in [0.29, 0.717) is 0 Å². The van der Waals surface area contributed by atoms with E-state index in [2.05, 4.69) is 34.3 Å². The third-order valence-corrected chi connectivity index (χ3v) is 11.6. The molecule has 50 heavy (non-hydrogen) atoms. The van der Waals surface area contributed by atoms with Crippen molar-refractivity contribution < 1.29 is 0 Å². The Morgan fingerprint density at radius 3 is 1.04 bits per heavy atom. The third-order valence-electron chi connectivity index (χ3n) is 11.6. The van der Waals surface area contributed by atoms with E-state index in [1.54, 1.807) is 0 Å². The van der Waals surface area contributed by atoms with Gasteiger partial charge in [-0.05, 0) is 116 Å². The van der Waals surface area contributed by atoms with Crippen LogP contribution in [0.2, 0.25) is 0 Å². The SMILES string of the molecule is CCCCCCCCCCCC(CCCN)CCNCCCN1CCN(CCCNCCC(CCCN)CCCCCCCCCCC)CC1. The number of piperazine rings is 1. The Morgan fingerprint density at radius 2 is 0.700 bits per heavy atom. The summed E-state index contributed by atoms with van der Waals surface area (Å²) in [6.45, 7) is 18.5. The van der Waals surface area contributed by atoms with Crippen molar-refractivity contribution in [1.82, 2.24) is 20.4 Å². The van der Waals surface area contributed by atoms with Crippen LogP contribution in [0.1, 0.15) is 194 Å². The van der Waals surface area contributed by atoms with Gasteiger partial charge in [0.25, 0.3) is 0 Å². The molecule has 6 N–H and O–H groups in total. The summed E-state index contributed by atoms with van der Waals surface area (Å²) in [5, 5.41) is 7.56. The van der Waals surface area contributed by atoms with Crippen LogP contribution < -0.4 is 22.1 Å². The van der Waals surface area contributed by atoms with Crippen LogP contribution in [0.5, 0.6) is 0 Å². The van der Waals surface area contributed by atoms with Gasteiger partial charge in [-0.2, -0.15) is 0 Å². The smallest absolute Gasteiger partial charge is 0.0110 e. The summed E-state index contributed by atoms with van der Waals surface area (Å²) in [4.78, 5) is 5.39. The van der Waals surface area contributed by atoms with E-state index in [9.17, 15) is 0 Å². The lowest BCUT2D eigenvalue weighted by Gasteiger charge is -2.34. The molecule has 1 aliphatic heterocycles. The summed E-state index contributed by atoms with van der Waals surface area (Å²) in [5.41, 5.74) is 11.7. The van der Waals surface area contributed by atoms with Gasteiger partial charge < -0.3 is 31.9 Å². The second-order valence-electron chi connectivity index (χ2n) is 16.3. The molecule has 2 atom stereocenters. The number of nitrogens with two attached hydrogens (primary N) is 2. The Labute approximate surface area is 315 Å². The van der Waals surface area contributed by atoms with Crippen LogP contribution in [0.25, 0.3) is 0 Å². The highest BCUT2D eigenvalue weighted by Gasteiger charge is 2.16. The molecule has 0 spiro atoms. The van der Waals surface area contributed by atoms with Crippen molar-refractivity contribution in [3.05, 3.63) is 0 Å². The first-order valence-corrected chi connectivity index (χ1v) is 23.0. The van der Waals surface area contributed by atoms with Crippen LogP contribution in [-0.2, 0) is 0 Å². The first-order valence-electron chi connectivity index (χ1n) is 23.0. The molecular weight excluding hydrogens is 613 g/mol. The molecule has 0 aromatic rings. The van der Waals surface area contributed by atoms with E-state index in [-0.39, 0.29) is 0 Å². The predicted octanol–water partition coefficient (Wildman–Crippen LogP) is 9.90. The number of hydrogen-bond acceptors (Lipinski definition) is 6. The van der Waals surface area contributed by atoms with Crippen molar-refractivity contribution >= 4 is 0 Å². The van der Waals surface area contributed by atoms with Gasteiger partial charge in [0.1, 0.15) is 0 Å². The van der Waals surface area contributed by atoms with E-state index in [0.717, 1.165) is 24.9 Å². The van der Waals surface area contributed by atoms with Crippen LogP contribution >= 0.6 is 0 Å². The van der Waals surface area contributed by atoms with Crippen molar-refractivity contribution in [3.63, 3.8) is 0 Å². The molecule has 0 aliphatic carbocycles. The molecule has 1 heterocycles. The Balaban J connectivity index is 2.01. The summed E-state index contributed by atoms with van der Waals surface area (Å²) in [6, 6.07) is 0. The van der Waals surface area contributed by atoms with E-state index < -0.39 is 0 Å². The fraction of sp³-hybridized carbons (Fsp3) is 1.00. The number of nitrogens with one attached hydrogen (secondary N) is 2. The molecule has 0 bridgehead atoms. The van der Waals surface area contributed by atoms with Crippen molar-refractivity contribution in [2.75, 3.05) is 78.5 Å². The van der Waals surface area contributed by atoms with E-state index in [1.165, 1.54) is 245 Å². The maximum atomic E-state index is 5.86. The summed E-state index contributed by atoms with van der Waals surface area (Å²) >= 11 is 0. The van der Waals surface area contributed by atoms with Crippen molar-refractivity contribution in [2.24, 2.45) is 23.3 Å². The summed E-state index contributed by atoms with van der Waals surface area (Å²) in [6.07, 6.45) is 38.8. The second-order valence-corrected chi connectivity index (χ2v) is 16.3. The van der Waals surface area contributed by atoms with Crippen LogP contribution in [0.3, 0.4) is 0 Å². The molecule has 1 saturated heterocycles. The van der Waals surface area contributed by atoms with Crippen LogP contribution in [0.4, 0.5) is 0 Å². The van der Waals surface area contributed by atoms with Gasteiger partial charge in [-0.1, -0.05) is 142 Å². The normalized spacial score (nSPS) is 15.6. The number of rotatable bonds is 40. The predicted molar refractivity (Wildman–Crippen MR) is 224 cm³/mol. The summed E-state index contributed by atoms with van der Waals surface area (Å²) in [7, 11) is 0. The highest BCUT2D eigenvalue weighted by Crippen LogP contribution is 2.21. The van der Waals surface area contributed by atoms with Crippen LogP contribution in [0.15, 0.2) is 0 Å². The zero-order chi connectivity index (χ0) is 36.0. The standard InChI is InChI=1S/C44H94N6/c1-3-5-7-9-11-13-15-17-19-25-43(27-21-31-45)29-35-47-33-23-37-49-39-41-50(42-40-49)38-24-34-48-36-30-44(28-22-32-46)26-20-18-16-14-12-10-8-6-4-2/h43-44,47-48H,3-42,45-46H2,1-2H3. The Kier molecular flexibility index (Phi) is 36.8. The van der Waals surface area contributed by atoms with Gasteiger partial charge in [-0.3, -0.25) is 0 Å². The molecule has 0 aromatic heterocycles. The average molecular weight is 707 g/mol. The van der Waals surface area contributed by atoms with Gasteiger partial charge >= 0.3 is 0 Å². The van der Waals surface area contributed by atoms with Crippen LogP contribution in [-0.4, -0.2) is 88.3 Å². The molecule has 0 aromatic carbocycles. The molecule has 300 valence electrons. The Morgan fingerprint density at radius 1 is 0.380 bits per heavy atom. The largest absolute Gasteiger partial charge is 0.330 e. The lowest BCUT2D eigenvalue weighted by atomic mass is 9.92. The molecule has 1 rings (SSSR count). The fourth-order valence-corrected chi connectivity index (χ4v) is 8.12. The topological polar surface area (TPSA) is 82.6 Å².